The molecule has 0 saturated heterocycles. The fourth-order valence-corrected chi connectivity index (χ4v) is 3.45. The molecule has 0 fully saturated rings. The van der Waals surface area contributed by atoms with Crippen molar-refractivity contribution in [1.29, 1.82) is 0 Å². The van der Waals surface area contributed by atoms with E-state index in [1.165, 1.54) is 18.2 Å². The molecule has 1 amide bonds. The van der Waals surface area contributed by atoms with E-state index >= 15 is 0 Å². The smallest absolute Gasteiger partial charge is 0.259 e. The van der Waals surface area contributed by atoms with Crippen molar-refractivity contribution in [3.8, 4) is 0 Å². The lowest BCUT2D eigenvalue weighted by Gasteiger charge is -2.23. The summed E-state index contributed by atoms with van der Waals surface area (Å²) in [7, 11) is 0. The van der Waals surface area contributed by atoms with Crippen molar-refractivity contribution in [2.24, 2.45) is 0 Å². The van der Waals surface area contributed by atoms with Crippen molar-refractivity contribution in [2.75, 3.05) is 17.2 Å². The largest absolute Gasteiger partial charge is 0.399 e. The summed E-state index contributed by atoms with van der Waals surface area (Å²) in [6, 6.07) is 9.04. The zero-order valence-electron chi connectivity index (χ0n) is 12.2. The van der Waals surface area contributed by atoms with Gasteiger partial charge in [-0.05, 0) is 65.4 Å². The number of carbonyl (C=O) groups excluding carboxylic acids is 2. The number of nitrogens with zero attached hydrogens (tertiary/aromatic N) is 1. The number of hydrogen-bond donors (Lipinski definition) is 1. The number of fused-ring (bicyclic) bond motifs is 1. The Morgan fingerprint density at radius 1 is 1.22 bits per heavy atom. The van der Waals surface area contributed by atoms with Gasteiger partial charge >= 0.3 is 0 Å². The van der Waals surface area contributed by atoms with Crippen LogP contribution < -0.4 is 10.6 Å². The maximum absolute atomic E-state index is 13.5. The highest BCUT2D eigenvalue weighted by Crippen LogP contribution is 2.29. The monoisotopic (exact) mass is 424 g/mol. The number of rotatable bonds is 1. The molecule has 0 aromatic heterocycles. The van der Waals surface area contributed by atoms with Crippen LogP contribution >= 0.6 is 22.6 Å². The van der Waals surface area contributed by atoms with E-state index in [2.05, 4.69) is 22.6 Å². The lowest BCUT2D eigenvalue weighted by Crippen LogP contribution is -2.32. The van der Waals surface area contributed by atoms with Crippen molar-refractivity contribution in [2.45, 2.75) is 12.8 Å². The summed E-state index contributed by atoms with van der Waals surface area (Å²) in [5.74, 6) is -0.827. The number of Topliss-reactive ketones (excluding diaryl/α,β-unsaturated/α-hetero) is 1. The quantitative estimate of drug-likeness (QED) is 0.562. The highest BCUT2D eigenvalue weighted by Gasteiger charge is 2.27. The highest BCUT2D eigenvalue weighted by molar-refractivity contribution is 14.1. The molecule has 0 radical (unpaired) electrons. The van der Waals surface area contributed by atoms with Gasteiger partial charge in [0.05, 0.1) is 11.3 Å². The summed E-state index contributed by atoms with van der Waals surface area (Å²) < 4.78 is 14.2. The van der Waals surface area contributed by atoms with Gasteiger partial charge in [-0.1, -0.05) is 0 Å². The third kappa shape index (κ3) is 3.08. The molecule has 6 heteroatoms. The highest BCUT2D eigenvalue weighted by atomic mass is 127. The van der Waals surface area contributed by atoms with Crippen molar-refractivity contribution < 1.29 is 14.0 Å². The Bertz CT molecular complexity index is 807. The number of halogens is 2. The molecule has 3 rings (SSSR count). The van der Waals surface area contributed by atoms with Gasteiger partial charge in [-0.2, -0.15) is 0 Å². The Hall–Kier alpha value is -1.96. The first kappa shape index (κ1) is 15.9. The van der Waals surface area contributed by atoms with Crippen LogP contribution in [0.25, 0.3) is 0 Å². The number of amides is 1. The first-order valence-electron chi connectivity index (χ1n) is 7.17. The van der Waals surface area contributed by atoms with Crippen LogP contribution in [0.1, 0.15) is 33.6 Å². The van der Waals surface area contributed by atoms with Crippen LogP contribution in [0.15, 0.2) is 36.4 Å². The third-order valence-corrected chi connectivity index (χ3v) is 4.70. The Kier molecular flexibility index (Phi) is 4.34. The molecule has 118 valence electrons. The van der Waals surface area contributed by atoms with Gasteiger partial charge in [-0.25, -0.2) is 4.39 Å². The maximum Gasteiger partial charge on any atom is 0.259 e. The van der Waals surface area contributed by atoms with Gasteiger partial charge in [0, 0.05) is 27.8 Å². The molecular formula is C17H14FIN2O2. The van der Waals surface area contributed by atoms with Gasteiger partial charge in [0.25, 0.3) is 5.91 Å². The van der Waals surface area contributed by atoms with E-state index < -0.39 is 5.82 Å². The Morgan fingerprint density at radius 2 is 2.00 bits per heavy atom. The predicted molar refractivity (Wildman–Crippen MR) is 95.2 cm³/mol. The molecule has 0 aliphatic carbocycles. The number of anilines is 2. The van der Waals surface area contributed by atoms with E-state index in [1.807, 2.05) is 0 Å². The van der Waals surface area contributed by atoms with Crippen LogP contribution in [0.4, 0.5) is 15.8 Å². The van der Waals surface area contributed by atoms with E-state index in [9.17, 15) is 14.0 Å². The van der Waals surface area contributed by atoms with Crippen LogP contribution in [0, 0.1) is 9.39 Å². The fraction of sp³-hybridized carbons (Fsp3) is 0.176. The Morgan fingerprint density at radius 3 is 2.74 bits per heavy atom. The minimum Gasteiger partial charge on any atom is -0.399 e. The lowest BCUT2D eigenvalue weighted by atomic mass is 10.1. The topological polar surface area (TPSA) is 63.4 Å². The second kappa shape index (κ2) is 6.27. The molecule has 2 aromatic carbocycles. The molecule has 0 unspecified atom stereocenters. The van der Waals surface area contributed by atoms with Crippen LogP contribution in [0.3, 0.4) is 0 Å². The Labute approximate surface area is 146 Å². The first-order chi connectivity index (χ1) is 11.0. The normalized spacial score (nSPS) is 14.3. The van der Waals surface area contributed by atoms with E-state index in [4.69, 9.17) is 5.73 Å². The molecule has 1 aliphatic rings. The van der Waals surface area contributed by atoms with E-state index in [-0.39, 0.29) is 17.3 Å². The molecule has 2 N–H and O–H groups in total. The number of nitrogens with two attached hydrogens (primary N) is 1. The number of carbonyl (C=O) groups is 2. The van der Waals surface area contributed by atoms with Crippen molar-refractivity contribution >= 4 is 45.7 Å². The lowest BCUT2D eigenvalue weighted by molar-refractivity contribution is 0.0973. The van der Waals surface area contributed by atoms with E-state index in [1.54, 1.807) is 23.1 Å². The number of benzene rings is 2. The predicted octanol–water partition coefficient (Wildman–Crippen LogP) is 3.64. The van der Waals surface area contributed by atoms with Crippen molar-refractivity contribution in [1.82, 2.24) is 0 Å². The van der Waals surface area contributed by atoms with Crippen LogP contribution in [-0.2, 0) is 0 Å². The summed E-state index contributed by atoms with van der Waals surface area (Å²) in [4.78, 5) is 26.6. The summed E-state index contributed by atoms with van der Waals surface area (Å²) in [6.45, 7) is 0.420. The molecule has 0 atom stereocenters. The molecule has 4 nitrogen and oxygen atoms in total. The minimum atomic E-state index is -0.478. The average Bonchev–Trinajstić information content (AvgIpc) is 2.66. The molecular weight excluding hydrogens is 410 g/mol. The van der Waals surface area contributed by atoms with Gasteiger partial charge in [0.15, 0.2) is 5.78 Å². The molecule has 2 aromatic rings. The maximum atomic E-state index is 13.5. The van der Waals surface area contributed by atoms with E-state index in [0.29, 0.717) is 36.3 Å². The second-order valence-electron chi connectivity index (χ2n) is 5.38. The number of nitrogen functional groups attached to an aromatic ring is 1. The van der Waals surface area contributed by atoms with E-state index in [0.717, 1.165) is 3.57 Å². The van der Waals surface area contributed by atoms with Crippen molar-refractivity contribution in [3.63, 3.8) is 0 Å². The summed E-state index contributed by atoms with van der Waals surface area (Å²) in [6.07, 6.45) is 0.853. The molecule has 0 spiro atoms. The summed E-state index contributed by atoms with van der Waals surface area (Å²) in [5.41, 5.74) is 7.56. The molecule has 1 aliphatic heterocycles. The SMILES string of the molecule is Nc1ccc(C(=O)N2CCCC(=O)c3cc(F)ccc32)c(I)c1. The van der Waals surface area contributed by atoms with Gasteiger partial charge < -0.3 is 10.6 Å². The summed E-state index contributed by atoms with van der Waals surface area (Å²) >= 11 is 2.06. The third-order valence-electron chi connectivity index (χ3n) is 3.80. The molecule has 1 heterocycles. The molecule has 0 saturated carbocycles. The molecule has 23 heavy (non-hydrogen) atoms. The van der Waals surface area contributed by atoms with Crippen LogP contribution in [0.5, 0.6) is 0 Å². The van der Waals surface area contributed by atoms with Gasteiger partial charge in [0.2, 0.25) is 0 Å². The number of hydrogen-bond acceptors (Lipinski definition) is 3. The Balaban J connectivity index is 2.07. The average molecular weight is 424 g/mol. The van der Waals surface area contributed by atoms with Gasteiger partial charge in [-0.15, -0.1) is 0 Å². The zero-order chi connectivity index (χ0) is 16.6. The standard InChI is InChI=1S/C17H14FIN2O2/c18-10-3-6-15-13(8-10)16(22)2-1-7-21(15)17(23)12-5-4-11(20)9-14(12)19/h3-6,8-9H,1-2,7,20H2. The summed E-state index contributed by atoms with van der Waals surface area (Å²) in [5, 5.41) is 0. The van der Waals surface area contributed by atoms with Crippen molar-refractivity contribution in [3.05, 3.63) is 56.9 Å². The van der Waals surface area contributed by atoms with Crippen LogP contribution in [-0.4, -0.2) is 18.2 Å². The second-order valence-corrected chi connectivity index (χ2v) is 6.55. The fourth-order valence-electron chi connectivity index (χ4n) is 2.68. The van der Waals surface area contributed by atoms with Gasteiger partial charge in [-0.3, -0.25) is 9.59 Å². The zero-order valence-corrected chi connectivity index (χ0v) is 14.3. The number of ketones is 1. The van der Waals surface area contributed by atoms with Crippen LogP contribution in [0.2, 0.25) is 0 Å². The first-order valence-corrected chi connectivity index (χ1v) is 8.25. The van der Waals surface area contributed by atoms with Gasteiger partial charge in [0.1, 0.15) is 5.82 Å². The molecule has 0 bridgehead atoms. The minimum absolute atomic E-state index is 0.137.